The summed E-state index contributed by atoms with van der Waals surface area (Å²) in [6, 6.07) is 25.8. The SMILES string of the molecule is CCNC(=NCc1cccc(OCc2ccccc2)c1)NCc1ccc(C(=O)N(C)C)cc1.I. The highest BCUT2D eigenvalue weighted by molar-refractivity contribution is 14.0. The quantitative estimate of drug-likeness (QED) is 0.219. The molecule has 0 aliphatic rings. The van der Waals surface area contributed by atoms with Crippen LogP contribution in [-0.4, -0.2) is 37.4 Å². The van der Waals surface area contributed by atoms with Crippen LogP contribution in [0.4, 0.5) is 0 Å². The van der Waals surface area contributed by atoms with E-state index >= 15 is 0 Å². The monoisotopic (exact) mass is 572 g/mol. The highest BCUT2D eigenvalue weighted by Crippen LogP contribution is 2.16. The highest BCUT2D eigenvalue weighted by atomic mass is 127. The lowest BCUT2D eigenvalue weighted by atomic mass is 10.1. The zero-order chi connectivity index (χ0) is 23.5. The Morgan fingerprint density at radius 2 is 1.59 bits per heavy atom. The summed E-state index contributed by atoms with van der Waals surface area (Å²) in [5.74, 6) is 1.57. The van der Waals surface area contributed by atoms with Crippen LogP contribution in [0.2, 0.25) is 0 Å². The minimum atomic E-state index is -0.000566. The number of rotatable bonds is 9. The molecule has 0 heterocycles. The number of amides is 1. The van der Waals surface area contributed by atoms with Crippen molar-refractivity contribution in [3.8, 4) is 5.75 Å². The summed E-state index contributed by atoms with van der Waals surface area (Å²) in [7, 11) is 3.50. The number of ether oxygens (including phenoxy) is 1. The topological polar surface area (TPSA) is 66.0 Å². The fraction of sp³-hybridized carbons (Fsp3) is 0.259. The average molecular weight is 572 g/mol. The molecular formula is C27H33IN4O2. The molecule has 3 rings (SSSR count). The van der Waals surface area contributed by atoms with Gasteiger partial charge in [0.25, 0.3) is 5.91 Å². The van der Waals surface area contributed by atoms with E-state index in [1.54, 1.807) is 19.0 Å². The van der Waals surface area contributed by atoms with Crippen LogP contribution in [-0.2, 0) is 19.7 Å². The molecule has 34 heavy (non-hydrogen) atoms. The lowest BCUT2D eigenvalue weighted by Gasteiger charge is -2.13. The predicted molar refractivity (Wildman–Crippen MR) is 149 cm³/mol. The van der Waals surface area contributed by atoms with Crippen molar-refractivity contribution in [1.29, 1.82) is 0 Å². The fourth-order valence-corrected chi connectivity index (χ4v) is 3.20. The van der Waals surface area contributed by atoms with E-state index in [0.29, 0.717) is 25.3 Å². The maximum atomic E-state index is 12.0. The average Bonchev–Trinajstić information content (AvgIpc) is 2.85. The van der Waals surface area contributed by atoms with Gasteiger partial charge in [0.05, 0.1) is 6.54 Å². The van der Waals surface area contributed by atoms with Gasteiger partial charge in [0.1, 0.15) is 12.4 Å². The van der Waals surface area contributed by atoms with Crippen molar-refractivity contribution in [3.63, 3.8) is 0 Å². The third-order valence-electron chi connectivity index (χ3n) is 4.98. The van der Waals surface area contributed by atoms with Gasteiger partial charge in [0.2, 0.25) is 0 Å². The zero-order valence-electron chi connectivity index (χ0n) is 20.0. The maximum Gasteiger partial charge on any atom is 0.253 e. The van der Waals surface area contributed by atoms with Gasteiger partial charge in [-0.1, -0.05) is 54.6 Å². The summed E-state index contributed by atoms with van der Waals surface area (Å²) in [5, 5.41) is 6.63. The van der Waals surface area contributed by atoms with E-state index in [4.69, 9.17) is 9.73 Å². The summed E-state index contributed by atoms with van der Waals surface area (Å²) in [6.45, 7) is 4.49. The molecule has 180 valence electrons. The Morgan fingerprint density at radius 3 is 2.26 bits per heavy atom. The Morgan fingerprint density at radius 1 is 0.882 bits per heavy atom. The van der Waals surface area contributed by atoms with Crippen LogP contribution in [0.15, 0.2) is 83.9 Å². The number of halogens is 1. The largest absolute Gasteiger partial charge is 0.489 e. The van der Waals surface area contributed by atoms with E-state index < -0.39 is 0 Å². The summed E-state index contributed by atoms with van der Waals surface area (Å²) >= 11 is 0. The third-order valence-corrected chi connectivity index (χ3v) is 4.98. The highest BCUT2D eigenvalue weighted by Gasteiger charge is 2.07. The minimum Gasteiger partial charge on any atom is -0.489 e. The van der Waals surface area contributed by atoms with E-state index in [-0.39, 0.29) is 29.9 Å². The Kier molecular flexibility index (Phi) is 11.4. The molecule has 3 aromatic carbocycles. The third kappa shape index (κ3) is 8.70. The van der Waals surface area contributed by atoms with Crippen LogP contribution in [0, 0.1) is 0 Å². The summed E-state index contributed by atoms with van der Waals surface area (Å²) < 4.78 is 5.93. The number of nitrogens with zero attached hydrogens (tertiary/aromatic N) is 2. The zero-order valence-corrected chi connectivity index (χ0v) is 22.3. The molecule has 0 aliphatic heterocycles. The smallest absolute Gasteiger partial charge is 0.253 e. The van der Waals surface area contributed by atoms with Gasteiger partial charge in [-0.3, -0.25) is 4.79 Å². The second kappa shape index (κ2) is 14.2. The van der Waals surface area contributed by atoms with Gasteiger partial charge in [-0.05, 0) is 47.9 Å². The Bertz CT molecular complexity index is 1050. The van der Waals surface area contributed by atoms with Gasteiger partial charge in [-0.15, -0.1) is 24.0 Å². The molecule has 0 unspecified atom stereocenters. The molecule has 0 saturated heterocycles. The summed E-state index contributed by atoms with van der Waals surface area (Å²) in [6.07, 6.45) is 0. The molecule has 0 saturated carbocycles. The first-order valence-electron chi connectivity index (χ1n) is 11.1. The Balaban J connectivity index is 0.00000408. The number of hydrogen-bond acceptors (Lipinski definition) is 3. The van der Waals surface area contributed by atoms with Crippen molar-refractivity contribution in [1.82, 2.24) is 15.5 Å². The number of aliphatic imine (C=N–C) groups is 1. The lowest BCUT2D eigenvalue weighted by Crippen LogP contribution is -2.36. The normalized spacial score (nSPS) is 10.7. The standard InChI is InChI=1S/C27H32N4O2.HI/c1-4-28-27(29-18-21-13-15-24(16-14-21)26(32)31(2)3)30-19-23-11-8-12-25(17-23)33-20-22-9-6-5-7-10-22;/h5-17H,4,18-20H2,1-3H3,(H2,28,29,30);1H. The van der Waals surface area contributed by atoms with Gasteiger partial charge < -0.3 is 20.3 Å². The van der Waals surface area contributed by atoms with Crippen molar-refractivity contribution < 1.29 is 9.53 Å². The van der Waals surface area contributed by atoms with Crippen LogP contribution in [0.5, 0.6) is 5.75 Å². The summed E-state index contributed by atoms with van der Waals surface area (Å²) in [5.41, 5.74) is 3.97. The molecule has 3 aromatic rings. The van der Waals surface area contributed by atoms with Gasteiger partial charge in [-0.2, -0.15) is 0 Å². The van der Waals surface area contributed by atoms with Gasteiger partial charge in [0.15, 0.2) is 5.96 Å². The lowest BCUT2D eigenvalue weighted by molar-refractivity contribution is 0.0827. The number of carbonyl (C=O) groups excluding carboxylic acids is 1. The van der Waals surface area contributed by atoms with Gasteiger partial charge in [0, 0.05) is 32.7 Å². The number of nitrogens with one attached hydrogen (secondary N) is 2. The molecule has 0 aliphatic carbocycles. The molecule has 0 radical (unpaired) electrons. The van der Waals surface area contributed by atoms with Crippen molar-refractivity contribution in [2.45, 2.75) is 26.6 Å². The molecule has 0 fully saturated rings. The first-order chi connectivity index (χ1) is 16.0. The number of benzene rings is 3. The second-order valence-corrected chi connectivity index (χ2v) is 7.87. The number of guanidine groups is 1. The molecule has 6 nitrogen and oxygen atoms in total. The van der Waals surface area contributed by atoms with E-state index in [9.17, 15) is 4.79 Å². The molecule has 0 aromatic heterocycles. The summed E-state index contributed by atoms with van der Waals surface area (Å²) in [4.78, 5) is 18.3. The molecular weight excluding hydrogens is 539 g/mol. The Hall–Kier alpha value is -3.07. The van der Waals surface area contributed by atoms with E-state index in [0.717, 1.165) is 34.9 Å². The molecule has 2 N–H and O–H groups in total. The minimum absolute atomic E-state index is 0. The fourth-order valence-electron chi connectivity index (χ4n) is 3.20. The van der Waals surface area contributed by atoms with Crippen LogP contribution in [0.25, 0.3) is 0 Å². The predicted octanol–water partition coefficient (Wildman–Crippen LogP) is 4.84. The first kappa shape index (κ1) is 27.2. The van der Waals surface area contributed by atoms with Crippen molar-refractivity contribution in [2.24, 2.45) is 4.99 Å². The van der Waals surface area contributed by atoms with Crippen molar-refractivity contribution in [3.05, 3.63) is 101 Å². The van der Waals surface area contributed by atoms with Crippen LogP contribution < -0.4 is 15.4 Å². The van der Waals surface area contributed by atoms with E-state index in [1.807, 2.05) is 73.7 Å². The Labute approximate surface area is 219 Å². The molecule has 1 amide bonds. The number of hydrogen-bond donors (Lipinski definition) is 2. The number of carbonyl (C=O) groups is 1. The van der Waals surface area contributed by atoms with E-state index in [1.165, 1.54) is 0 Å². The molecule has 7 heteroatoms. The first-order valence-corrected chi connectivity index (χ1v) is 11.1. The van der Waals surface area contributed by atoms with Gasteiger partial charge in [-0.25, -0.2) is 4.99 Å². The van der Waals surface area contributed by atoms with Crippen LogP contribution >= 0.6 is 24.0 Å². The molecule has 0 spiro atoms. The van der Waals surface area contributed by atoms with Crippen molar-refractivity contribution >= 4 is 35.8 Å². The van der Waals surface area contributed by atoms with Crippen LogP contribution in [0.1, 0.15) is 34.0 Å². The second-order valence-electron chi connectivity index (χ2n) is 7.87. The molecule has 0 atom stereocenters. The van der Waals surface area contributed by atoms with Gasteiger partial charge >= 0.3 is 0 Å². The molecule has 0 bridgehead atoms. The van der Waals surface area contributed by atoms with Crippen molar-refractivity contribution in [2.75, 3.05) is 20.6 Å². The van der Waals surface area contributed by atoms with Crippen LogP contribution in [0.3, 0.4) is 0 Å². The maximum absolute atomic E-state index is 12.0. The van der Waals surface area contributed by atoms with E-state index in [2.05, 4.69) is 22.8 Å².